The van der Waals surface area contributed by atoms with Gasteiger partial charge in [-0.2, -0.15) is 0 Å². The van der Waals surface area contributed by atoms with Gasteiger partial charge in [0, 0.05) is 6.07 Å². The number of unbranched alkanes of at least 4 members (excludes halogenated alkanes) is 7. The van der Waals surface area contributed by atoms with E-state index < -0.39 is 0 Å². The van der Waals surface area contributed by atoms with Gasteiger partial charge in [0.1, 0.15) is 23.3 Å². The maximum absolute atomic E-state index is 13.0. The topological polar surface area (TPSA) is 48.7 Å². The van der Waals surface area contributed by atoms with Crippen LogP contribution in [0.1, 0.15) is 71.6 Å². The zero-order valence-electron chi connectivity index (χ0n) is 19.5. The fourth-order valence-electron chi connectivity index (χ4n) is 3.77. The first kappa shape index (κ1) is 23.9. The van der Waals surface area contributed by atoms with Crippen molar-refractivity contribution in [2.24, 2.45) is 0 Å². The molecule has 0 atom stereocenters. The molecular formula is C28H36O4. The third-order valence-corrected chi connectivity index (χ3v) is 5.65. The first-order chi connectivity index (χ1) is 15.7. The zero-order valence-corrected chi connectivity index (χ0v) is 19.5. The third-order valence-electron chi connectivity index (χ3n) is 5.65. The molecule has 0 aliphatic heterocycles. The molecule has 0 saturated carbocycles. The van der Waals surface area contributed by atoms with Gasteiger partial charge in [0.25, 0.3) is 0 Å². The van der Waals surface area contributed by atoms with Crippen LogP contribution in [0.5, 0.6) is 11.5 Å². The molecule has 32 heavy (non-hydrogen) atoms. The van der Waals surface area contributed by atoms with Crippen LogP contribution in [0.3, 0.4) is 0 Å². The van der Waals surface area contributed by atoms with Crippen molar-refractivity contribution in [3.05, 3.63) is 59.0 Å². The highest BCUT2D eigenvalue weighted by Gasteiger charge is 2.10. The minimum Gasteiger partial charge on any atom is -0.494 e. The maximum Gasteiger partial charge on any atom is 0.200 e. The molecule has 0 aliphatic rings. The Bertz CT molecular complexity index is 1000. The van der Waals surface area contributed by atoms with E-state index in [1.165, 1.54) is 51.2 Å². The van der Waals surface area contributed by atoms with E-state index in [0.29, 0.717) is 28.9 Å². The monoisotopic (exact) mass is 436 g/mol. The van der Waals surface area contributed by atoms with Crippen molar-refractivity contribution in [1.82, 2.24) is 0 Å². The van der Waals surface area contributed by atoms with Gasteiger partial charge in [-0.1, -0.05) is 70.9 Å². The Morgan fingerprint density at radius 3 is 2.09 bits per heavy atom. The van der Waals surface area contributed by atoms with E-state index in [2.05, 4.69) is 13.8 Å². The van der Waals surface area contributed by atoms with Crippen molar-refractivity contribution in [1.29, 1.82) is 0 Å². The summed E-state index contributed by atoms with van der Waals surface area (Å²) >= 11 is 0. The Morgan fingerprint density at radius 1 is 0.719 bits per heavy atom. The minimum atomic E-state index is -0.0408. The quantitative estimate of drug-likeness (QED) is 0.242. The summed E-state index contributed by atoms with van der Waals surface area (Å²) in [7, 11) is 0. The Morgan fingerprint density at radius 2 is 1.38 bits per heavy atom. The van der Waals surface area contributed by atoms with Crippen LogP contribution < -0.4 is 14.9 Å². The molecule has 0 N–H and O–H groups in total. The summed E-state index contributed by atoms with van der Waals surface area (Å²) in [6.07, 6.45) is 12.7. The Labute approximate surface area is 191 Å². The third kappa shape index (κ3) is 6.88. The van der Waals surface area contributed by atoms with Gasteiger partial charge in [0.05, 0.1) is 24.2 Å². The molecule has 0 unspecified atom stereocenters. The van der Waals surface area contributed by atoms with Gasteiger partial charge in [-0.05, 0) is 42.7 Å². The SMILES string of the molecule is CCCCCCCCCCOc1ccc(-c2coc3cc(OCCC)ccc3c2=O)cc1. The number of ether oxygens (including phenoxy) is 2. The lowest BCUT2D eigenvalue weighted by Gasteiger charge is -2.08. The van der Waals surface area contributed by atoms with Gasteiger partial charge < -0.3 is 13.9 Å². The molecule has 0 saturated heterocycles. The molecule has 0 aliphatic carbocycles. The van der Waals surface area contributed by atoms with Crippen molar-refractivity contribution in [3.8, 4) is 22.6 Å². The first-order valence-electron chi connectivity index (χ1n) is 12.1. The fraction of sp³-hybridized carbons (Fsp3) is 0.464. The number of benzene rings is 2. The fourth-order valence-corrected chi connectivity index (χ4v) is 3.77. The smallest absolute Gasteiger partial charge is 0.200 e. The van der Waals surface area contributed by atoms with Crippen LogP contribution in [0.4, 0.5) is 0 Å². The lowest BCUT2D eigenvalue weighted by molar-refractivity contribution is 0.304. The second-order valence-electron chi connectivity index (χ2n) is 8.33. The number of hydrogen-bond donors (Lipinski definition) is 0. The minimum absolute atomic E-state index is 0.0408. The predicted octanol–water partition coefficient (Wildman–Crippen LogP) is 7.77. The van der Waals surface area contributed by atoms with Crippen molar-refractivity contribution in [2.75, 3.05) is 13.2 Å². The molecule has 2 aromatic carbocycles. The number of hydrogen-bond acceptors (Lipinski definition) is 4. The zero-order chi connectivity index (χ0) is 22.6. The van der Waals surface area contributed by atoms with E-state index in [1.54, 1.807) is 12.1 Å². The molecular weight excluding hydrogens is 400 g/mol. The van der Waals surface area contributed by atoms with E-state index in [0.717, 1.165) is 30.8 Å². The summed E-state index contributed by atoms with van der Waals surface area (Å²) in [6, 6.07) is 13.0. The average molecular weight is 437 g/mol. The summed E-state index contributed by atoms with van der Waals surface area (Å²) in [4.78, 5) is 13.0. The van der Waals surface area contributed by atoms with E-state index in [9.17, 15) is 4.79 Å². The molecule has 3 rings (SSSR count). The van der Waals surface area contributed by atoms with Crippen molar-refractivity contribution in [2.45, 2.75) is 71.6 Å². The van der Waals surface area contributed by atoms with Gasteiger partial charge in [0.15, 0.2) is 5.43 Å². The highest BCUT2D eigenvalue weighted by molar-refractivity contribution is 5.82. The molecule has 172 valence electrons. The average Bonchev–Trinajstić information content (AvgIpc) is 2.82. The molecule has 0 spiro atoms. The molecule has 3 aromatic rings. The van der Waals surface area contributed by atoms with E-state index in [-0.39, 0.29) is 5.43 Å². The summed E-state index contributed by atoms with van der Waals surface area (Å²) in [5.41, 5.74) is 1.87. The largest absolute Gasteiger partial charge is 0.494 e. The summed E-state index contributed by atoms with van der Waals surface area (Å²) in [5.74, 6) is 1.55. The standard InChI is InChI=1S/C28H36O4/c1-3-5-6-7-8-9-10-11-19-31-23-14-12-22(13-15-23)26-21-32-27-20-24(30-18-4-2)16-17-25(27)28(26)29/h12-17,20-21H,3-11,18-19H2,1-2H3. The van der Waals surface area contributed by atoms with E-state index >= 15 is 0 Å². The summed E-state index contributed by atoms with van der Waals surface area (Å²) < 4.78 is 17.3. The van der Waals surface area contributed by atoms with Crippen molar-refractivity contribution >= 4 is 11.0 Å². The molecule has 1 aromatic heterocycles. The van der Waals surface area contributed by atoms with Gasteiger partial charge in [-0.3, -0.25) is 4.79 Å². The van der Waals surface area contributed by atoms with E-state index in [1.807, 2.05) is 30.3 Å². The van der Waals surface area contributed by atoms with Gasteiger partial charge >= 0.3 is 0 Å². The van der Waals surface area contributed by atoms with Gasteiger partial charge in [-0.25, -0.2) is 0 Å². The van der Waals surface area contributed by atoms with Crippen LogP contribution in [0.25, 0.3) is 22.1 Å². The van der Waals surface area contributed by atoms with Crippen LogP contribution in [0.2, 0.25) is 0 Å². The Balaban J connectivity index is 1.53. The number of fused-ring (bicyclic) bond motifs is 1. The first-order valence-corrected chi connectivity index (χ1v) is 12.1. The van der Waals surface area contributed by atoms with Crippen LogP contribution >= 0.6 is 0 Å². The maximum atomic E-state index is 13.0. The van der Waals surface area contributed by atoms with Crippen molar-refractivity contribution in [3.63, 3.8) is 0 Å². The van der Waals surface area contributed by atoms with Crippen LogP contribution in [0, 0.1) is 0 Å². The molecule has 0 bridgehead atoms. The molecule has 0 amide bonds. The lowest BCUT2D eigenvalue weighted by atomic mass is 10.1. The lowest BCUT2D eigenvalue weighted by Crippen LogP contribution is -2.05. The second kappa shape index (κ2) is 12.9. The van der Waals surface area contributed by atoms with Crippen LogP contribution in [-0.4, -0.2) is 13.2 Å². The second-order valence-corrected chi connectivity index (χ2v) is 8.33. The summed E-state index contributed by atoms with van der Waals surface area (Å²) in [6.45, 7) is 5.68. The van der Waals surface area contributed by atoms with E-state index in [4.69, 9.17) is 13.9 Å². The Kier molecular flexibility index (Phi) is 9.67. The molecule has 0 radical (unpaired) electrons. The highest BCUT2D eigenvalue weighted by Crippen LogP contribution is 2.25. The summed E-state index contributed by atoms with van der Waals surface area (Å²) in [5, 5.41) is 0.557. The highest BCUT2D eigenvalue weighted by atomic mass is 16.5. The van der Waals surface area contributed by atoms with Gasteiger partial charge in [0.2, 0.25) is 0 Å². The van der Waals surface area contributed by atoms with Gasteiger partial charge in [-0.15, -0.1) is 0 Å². The van der Waals surface area contributed by atoms with Crippen molar-refractivity contribution < 1.29 is 13.9 Å². The number of rotatable bonds is 14. The molecule has 1 heterocycles. The normalized spacial score (nSPS) is 11.1. The Hall–Kier alpha value is -2.75. The van der Waals surface area contributed by atoms with Crippen LogP contribution in [0.15, 0.2) is 57.9 Å². The predicted molar refractivity (Wildman–Crippen MR) is 132 cm³/mol. The van der Waals surface area contributed by atoms with Crippen LogP contribution in [-0.2, 0) is 0 Å². The molecule has 4 nitrogen and oxygen atoms in total. The molecule has 0 fully saturated rings. The molecule has 4 heteroatoms.